The number of nitrogens with one attached hydrogen (secondary N) is 2. The number of para-hydroxylation sites is 2. The smallest absolute Gasteiger partial charge is 0.294 e. The van der Waals surface area contributed by atoms with Gasteiger partial charge in [-0.1, -0.05) is 24.3 Å². The van der Waals surface area contributed by atoms with Crippen molar-refractivity contribution >= 4 is 52.2 Å². The summed E-state index contributed by atoms with van der Waals surface area (Å²) >= 11 is 0.724. The van der Waals surface area contributed by atoms with Crippen LogP contribution in [0.2, 0.25) is 0 Å². The van der Waals surface area contributed by atoms with Gasteiger partial charge in [0.25, 0.3) is 17.1 Å². The van der Waals surface area contributed by atoms with Crippen molar-refractivity contribution in [3.8, 4) is 11.5 Å². The molecule has 4 amide bonds. The van der Waals surface area contributed by atoms with Crippen molar-refractivity contribution in [2.45, 2.75) is 0 Å². The molecule has 3 aromatic carbocycles. The lowest BCUT2D eigenvalue weighted by Gasteiger charge is -2.12. The summed E-state index contributed by atoms with van der Waals surface area (Å²) in [7, 11) is 1.51. The molecule has 2 N–H and O–H groups in total. The lowest BCUT2D eigenvalue weighted by atomic mass is 10.2. The van der Waals surface area contributed by atoms with Crippen LogP contribution in [0.25, 0.3) is 6.08 Å². The van der Waals surface area contributed by atoms with E-state index in [0.29, 0.717) is 28.4 Å². The normalized spacial score (nSPS) is 13.9. The van der Waals surface area contributed by atoms with E-state index < -0.39 is 29.4 Å². The Kier molecular flexibility index (Phi) is 8.39. The Balaban J connectivity index is 1.31. The minimum atomic E-state index is -0.595. The van der Waals surface area contributed by atoms with Crippen molar-refractivity contribution in [1.29, 1.82) is 0 Å². The van der Waals surface area contributed by atoms with Crippen LogP contribution in [0.1, 0.15) is 5.56 Å². The Bertz CT molecular complexity index is 1390. The SMILES string of the molecule is COc1ccccc1NC(=O)COc1ccc(/C=C2\SC(=O)N(CC(=O)Nc3ccc(F)cc3)C2=O)cc1. The monoisotopic (exact) mass is 535 g/mol. The van der Waals surface area contributed by atoms with Crippen LogP contribution in [0.4, 0.5) is 20.6 Å². The molecule has 9 nitrogen and oxygen atoms in total. The molecule has 1 aliphatic heterocycles. The van der Waals surface area contributed by atoms with E-state index in [9.17, 15) is 23.6 Å². The van der Waals surface area contributed by atoms with Gasteiger partial charge in [-0.15, -0.1) is 0 Å². The van der Waals surface area contributed by atoms with E-state index in [4.69, 9.17) is 9.47 Å². The highest BCUT2D eigenvalue weighted by Crippen LogP contribution is 2.32. The zero-order valence-corrected chi connectivity index (χ0v) is 20.9. The summed E-state index contributed by atoms with van der Waals surface area (Å²) in [6.07, 6.45) is 1.53. The Morgan fingerprint density at radius 2 is 1.66 bits per heavy atom. The van der Waals surface area contributed by atoms with Crippen molar-refractivity contribution in [3.05, 3.63) is 89.1 Å². The maximum Gasteiger partial charge on any atom is 0.294 e. The molecule has 3 aromatic rings. The maximum atomic E-state index is 13.0. The summed E-state index contributed by atoms with van der Waals surface area (Å²) in [5, 5.41) is 4.66. The topological polar surface area (TPSA) is 114 Å². The van der Waals surface area contributed by atoms with Gasteiger partial charge in [-0.3, -0.25) is 24.1 Å². The third-order valence-electron chi connectivity index (χ3n) is 5.23. The van der Waals surface area contributed by atoms with Gasteiger partial charge in [0.1, 0.15) is 23.9 Å². The maximum absolute atomic E-state index is 13.0. The number of carbonyl (C=O) groups excluding carboxylic acids is 4. The van der Waals surface area contributed by atoms with Gasteiger partial charge >= 0.3 is 0 Å². The molecular weight excluding hydrogens is 513 g/mol. The highest BCUT2D eigenvalue weighted by molar-refractivity contribution is 8.18. The number of carbonyl (C=O) groups is 4. The fourth-order valence-electron chi connectivity index (χ4n) is 3.41. The molecule has 0 aliphatic carbocycles. The minimum Gasteiger partial charge on any atom is -0.495 e. The molecule has 0 saturated carbocycles. The van der Waals surface area contributed by atoms with Crippen LogP contribution in [-0.2, 0) is 14.4 Å². The number of hydrogen-bond acceptors (Lipinski definition) is 7. The van der Waals surface area contributed by atoms with Crippen LogP contribution in [0.3, 0.4) is 0 Å². The standard InChI is InChI=1S/C27H22FN3O6S/c1-36-22-5-3-2-4-21(22)30-25(33)16-37-20-12-6-17(7-13-20)14-23-26(34)31(27(35)38-23)15-24(32)29-19-10-8-18(28)9-11-19/h2-14H,15-16H2,1H3,(H,29,32)(H,30,33)/b23-14-. The molecule has 11 heteroatoms. The Hall–Kier alpha value is -4.64. The third kappa shape index (κ3) is 6.77. The quantitative estimate of drug-likeness (QED) is 0.387. The van der Waals surface area contributed by atoms with Gasteiger partial charge in [0.2, 0.25) is 5.91 Å². The molecule has 194 valence electrons. The van der Waals surface area contributed by atoms with Crippen LogP contribution in [0.15, 0.2) is 77.7 Å². The summed E-state index contributed by atoms with van der Waals surface area (Å²) < 4.78 is 23.7. The molecule has 0 spiro atoms. The van der Waals surface area contributed by atoms with E-state index in [1.165, 1.54) is 37.5 Å². The molecule has 0 atom stereocenters. The molecular formula is C27H22FN3O6S. The van der Waals surface area contributed by atoms with Gasteiger partial charge in [-0.2, -0.15) is 0 Å². The van der Waals surface area contributed by atoms with Crippen molar-refractivity contribution in [2.75, 3.05) is 30.9 Å². The van der Waals surface area contributed by atoms with Crippen LogP contribution < -0.4 is 20.1 Å². The number of rotatable bonds is 9. The minimum absolute atomic E-state index is 0.162. The number of methoxy groups -OCH3 is 1. The first-order valence-electron chi connectivity index (χ1n) is 11.3. The van der Waals surface area contributed by atoms with E-state index in [1.54, 1.807) is 48.5 Å². The third-order valence-corrected chi connectivity index (χ3v) is 6.14. The first-order valence-corrected chi connectivity index (χ1v) is 12.1. The number of anilines is 2. The lowest BCUT2D eigenvalue weighted by Crippen LogP contribution is -2.36. The molecule has 38 heavy (non-hydrogen) atoms. The first kappa shape index (κ1) is 26.4. The predicted molar refractivity (Wildman–Crippen MR) is 141 cm³/mol. The summed E-state index contributed by atoms with van der Waals surface area (Å²) in [6, 6.07) is 18.7. The zero-order valence-electron chi connectivity index (χ0n) is 20.1. The zero-order chi connectivity index (χ0) is 27.1. The molecule has 0 aromatic heterocycles. The Labute approximate surface area is 221 Å². The van der Waals surface area contributed by atoms with Crippen LogP contribution in [0.5, 0.6) is 11.5 Å². The van der Waals surface area contributed by atoms with E-state index in [0.717, 1.165) is 16.7 Å². The predicted octanol–water partition coefficient (Wildman–Crippen LogP) is 4.53. The molecule has 0 bridgehead atoms. The van der Waals surface area contributed by atoms with Crippen LogP contribution in [-0.4, -0.2) is 48.1 Å². The number of ether oxygens (including phenoxy) is 2. The van der Waals surface area contributed by atoms with Gasteiger partial charge in [-0.05, 0) is 71.9 Å². The molecule has 1 fully saturated rings. The van der Waals surface area contributed by atoms with E-state index in [1.807, 2.05) is 0 Å². The number of nitrogens with zero attached hydrogens (tertiary/aromatic N) is 1. The lowest BCUT2D eigenvalue weighted by molar-refractivity contribution is -0.127. The number of thioether (sulfide) groups is 1. The number of hydrogen-bond donors (Lipinski definition) is 2. The van der Waals surface area contributed by atoms with E-state index in [-0.39, 0.29) is 17.4 Å². The second kappa shape index (κ2) is 12.1. The number of amides is 4. The number of benzene rings is 3. The van der Waals surface area contributed by atoms with Crippen molar-refractivity contribution < 1.29 is 33.0 Å². The van der Waals surface area contributed by atoms with Crippen molar-refractivity contribution in [1.82, 2.24) is 4.90 Å². The number of halogens is 1. The van der Waals surface area contributed by atoms with E-state index >= 15 is 0 Å². The average molecular weight is 536 g/mol. The molecule has 0 radical (unpaired) electrons. The van der Waals surface area contributed by atoms with Gasteiger partial charge < -0.3 is 20.1 Å². The largest absolute Gasteiger partial charge is 0.495 e. The summed E-state index contributed by atoms with van der Waals surface area (Å²) in [6.45, 7) is -0.695. The molecule has 1 heterocycles. The fourth-order valence-corrected chi connectivity index (χ4v) is 4.25. The molecule has 1 aliphatic rings. The van der Waals surface area contributed by atoms with Gasteiger partial charge in [0.15, 0.2) is 6.61 Å². The molecule has 4 rings (SSSR count). The van der Waals surface area contributed by atoms with Gasteiger partial charge in [0, 0.05) is 5.69 Å². The summed E-state index contributed by atoms with van der Waals surface area (Å²) in [4.78, 5) is 50.5. The summed E-state index contributed by atoms with van der Waals surface area (Å²) in [5.74, 6) is -1.03. The second-order valence-corrected chi connectivity index (χ2v) is 8.92. The van der Waals surface area contributed by atoms with Gasteiger partial charge in [0.05, 0.1) is 17.7 Å². The number of imide groups is 1. The van der Waals surface area contributed by atoms with Crippen LogP contribution in [0, 0.1) is 5.82 Å². The van der Waals surface area contributed by atoms with E-state index in [2.05, 4.69) is 10.6 Å². The average Bonchev–Trinajstić information content (AvgIpc) is 3.17. The Morgan fingerprint density at radius 1 is 0.947 bits per heavy atom. The molecule has 0 unspecified atom stereocenters. The highest BCUT2D eigenvalue weighted by atomic mass is 32.2. The first-order chi connectivity index (χ1) is 18.3. The van der Waals surface area contributed by atoms with Crippen LogP contribution >= 0.6 is 11.8 Å². The van der Waals surface area contributed by atoms with Crippen molar-refractivity contribution in [3.63, 3.8) is 0 Å². The fraction of sp³-hybridized carbons (Fsp3) is 0.111. The Morgan fingerprint density at radius 3 is 2.37 bits per heavy atom. The highest BCUT2D eigenvalue weighted by Gasteiger charge is 2.36. The molecule has 1 saturated heterocycles. The second-order valence-electron chi connectivity index (χ2n) is 7.93. The van der Waals surface area contributed by atoms with Crippen molar-refractivity contribution in [2.24, 2.45) is 0 Å². The van der Waals surface area contributed by atoms with Gasteiger partial charge in [-0.25, -0.2) is 4.39 Å². The summed E-state index contributed by atoms with van der Waals surface area (Å²) in [5.41, 5.74) is 1.50.